The second-order valence-corrected chi connectivity index (χ2v) is 37.3. The number of carbonyl (C=O) groups excluding carboxylic acids is 9. The number of rotatable bonds is 76. The number of ether oxygens (including phenoxy) is 12. The number of nitrogens with zero attached hydrogens (tertiary/aromatic N) is 1. The van der Waals surface area contributed by atoms with Gasteiger partial charge in [-0.3, -0.25) is 38.4 Å². The number of likely N-dealkylation sites (tertiary alicyclic amines) is 1. The number of ketones is 3. The van der Waals surface area contributed by atoms with Crippen molar-refractivity contribution < 1.29 is 184 Å². The van der Waals surface area contributed by atoms with Crippen LogP contribution in [0.1, 0.15) is 285 Å². The number of carbonyl (C=O) groups is 9. The van der Waals surface area contributed by atoms with Gasteiger partial charge in [-0.15, -0.1) is 0 Å². The van der Waals surface area contributed by atoms with Crippen molar-refractivity contribution in [3.05, 3.63) is 0 Å². The van der Waals surface area contributed by atoms with E-state index in [9.17, 15) is 94.2 Å². The molecule has 4 saturated heterocycles. The van der Waals surface area contributed by atoms with E-state index in [1.807, 2.05) is 13.8 Å². The van der Waals surface area contributed by atoms with E-state index in [4.69, 9.17) is 56.8 Å². The first-order chi connectivity index (χ1) is 62.2. The Morgan fingerprint density at radius 1 is 0.400 bits per heavy atom. The van der Waals surface area contributed by atoms with E-state index in [1.165, 1.54) is 0 Å². The van der Waals surface area contributed by atoms with Crippen molar-refractivity contribution in [3.8, 4) is 0 Å². The molecular weight excluding hydrogens is 1810 g/mol. The predicted octanol–water partition coefficient (Wildman–Crippen LogP) is 7.87. The van der Waals surface area contributed by atoms with Gasteiger partial charge in [0.2, 0.25) is 17.7 Å². The topological polar surface area (TPSA) is 506 Å². The van der Waals surface area contributed by atoms with Gasteiger partial charge in [-0.1, -0.05) is 107 Å². The average Bonchev–Trinajstić information content (AvgIpc) is 1.15. The number of hydrogen-bond acceptors (Lipinski definition) is 33. The number of alkyl carbamates (subject to hydrolysis) is 1. The van der Waals surface area contributed by atoms with Crippen molar-refractivity contribution in [3.63, 3.8) is 0 Å². The minimum absolute atomic E-state index is 0. The van der Waals surface area contributed by atoms with Crippen LogP contribution >= 0.6 is 21.6 Å². The van der Waals surface area contributed by atoms with Gasteiger partial charge in [0.1, 0.15) is 54.0 Å². The second kappa shape index (κ2) is 76.6. The zero-order chi connectivity index (χ0) is 94.8. The van der Waals surface area contributed by atoms with Crippen LogP contribution in [0.4, 0.5) is 4.79 Å². The van der Waals surface area contributed by atoms with E-state index in [0.717, 1.165) is 121 Å². The summed E-state index contributed by atoms with van der Waals surface area (Å²) in [7, 11) is 5.20. The molecule has 0 aliphatic carbocycles. The van der Waals surface area contributed by atoms with Gasteiger partial charge in [0.15, 0.2) is 18.9 Å². The molecule has 35 nitrogen and oxygen atoms in total. The molecule has 4 aliphatic heterocycles. The van der Waals surface area contributed by atoms with E-state index >= 15 is 0 Å². The molecule has 13 N–H and O–H groups in total. The molecule has 130 heavy (non-hydrogen) atoms. The van der Waals surface area contributed by atoms with Crippen LogP contribution in [0.25, 0.3) is 0 Å². The summed E-state index contributed by atoms with van der Waals surface area (Å²) < 4.78 is 66.7. The molecule has 4 rings (SSSR count). The smallest absolute Gasteiger partial charge is 0.407 e. The quantitative estimate of drug-likeness (QED) is 0.0119. The first-order valence-electron chi connectivity index (χ1n) is 48.1. The molecule has 0 spiro atoms. The number of Topliss-reactive ketones (excluding diaryl/α,β-unsaturated/α-hetero) is 3. The Morgan fingerprint density at radius 3 is 1.22 bits per heavy atom. The molecule has 0 aromatic carbocycles. The van der Waals surface area contributed by atoms with Gasteiger partial charge in [0, 0.05) is 172 Å². The number of amides is 4. The van der Waals surface area contributed by atoms with Gasteiger partial charge in [-0.05, 0) is 134 Å². The van der Waals surface area contributed by atoms with Crippen molar-refractivity contribution in [2.45, 2.75) is 371 Å². The molecule has 4 fully saturated rings. The Hall–Kier alpha value is -3.33. The standard InChI is InChI=1S/C71H127N3O25.C21H39NO6S2.Y/c1-5-52(78)45-71(33-24-42-91-59(82)31-16-10-7-12-18-36-72-57(80)29-22-40-94-68-50(3)62(85)65(88)55(47-76)98-68,34-25-43-92-60(83)32-17-11-8-13-19-37-73-58(81)30-23-41-95-69-51(4)63(86)66(89)56(48-77)99-69)35-26-44-96-70(90)74-38-20-14-6-9-15-27-53(79)28-21-39-93-67-49(2)61(84)64(87)54(46-75)97-67;1-3-27-10-11-28-12-14-30-29-13-6-8-19(24)7-4-5-9-21(25)22-16-20(26-2)15-18(22)17-23;/h49-51,54-56,61-69,75-77,84-89H,5-48H2,1-4H3,(H,72,80)(H,73,81)(H,74,90);18,20,23H,3-17H2,1-2H3;/t;18-,20+;/m.1./s1. The largest absolute Gasteiger partial charge is 0.466 e. The predicted molar refractivity (Wildman–Crippen MR) is 485 cm³/mol. The molecule has 4 amide bonds. The summed E-state index contributed by atoms with van der Waals surface area (Å²) in [5.41, 5.74) is -0.532. The number of hydrogen-bond donors (Lipinski definition) is 13. The molecule has 4 aliphatic rings. The molecule has 755 valence electrons. The summed E-state index contributed by atoms with van der Waals surface area (Å²) in [6, 6.07) is -0.138. The van der Waals surface area contributed by atoms with Crippen LogP contribution < -0.4 is 16.0 Å². The van der Waals surface area contributed by atoms with Crippen LogP contribution in [0.5, 0.6) is 0 Å². The number of methoxy groups -OCH3 is 1. The molecule has 15 unspecified atom stereocenters. The van der Waals surface area contributed by atoms with Gasteiger partial charge < -0.3 is 129 Å². The van der Waals surface area contributed by atoms with Crippen LogP contribution in [-0.2, 0) is 128 Å². The maximum Gasteiger partial charge on any atom is 0.407 e. The third kappa shape index (κ3) is 54.1. The molecule has 0 bridgehead atoms. The van der Waals surface area contributed by atoms with Gasteiger partial charge >= 0.3 is 18.0 Å². The number of aliphatic hydroxyl groups is 10. The third-order valence-electron chi connectivity index (χ3n) is 24.0. The molecule has 4 heterocycles. The Labute approximate surface area is 805 Å². The van der Waals surface area contributed by atoms with Crippen LogP contribution in [-0.4, -0.2) is 332 Å². The van der Waals surface area contributed by atoms with Gasteiger partial charge in [0.25, 0.3) is 0 Å². The zero-order valence-electron chi connectivity index (χ0n) is 78.9. The summed E-state index contributed by atoms with van der Waals surface area (Å²) >= 11 is 0. The molecule has 38 heteroatoms. The van der Waals surface area contributed by atoms with E-state index in [2.05, 4.69) is 16.0 Å². The van der Waals surface area contributed by atoms with Crippen LogP contribution in [0.15, 0.2) is 0 Å². The van der Waals surface area contributed by atoms with Crippen molar-refractivity contribution in [1.29, 1.82) is 0 Å². The average molecular weight is 1980 g/mol. The maximum absolute atomic E-state index is 13.2. The fourth-order valence-electron chi connectivity index (χ4n) is 15.9. The summed E-state index contributed by atoms with van der Waals surface area (Å²) in [6.07, 6.45) is 10.9. The summed E-state index contributed by atoms with van der Waals surface area (Å²) in [5.74, 6) is 0.0793. The minimum Gasteiger partial charge on any atom is -0.466 e. The van der Waals surface area contributed by atoms with Gasteiger partial charge in [-0.25, -0.2) is 4.79 Å². The van der Waals surface area contributed by atoms with Crippen molar-refractivity contribution in [2.75, 3.05) is 137 Å². The SMILES string of the molecule is CCC(=O)CC(CCCOC(=O)CCCCCCCNC(=O)CCCOC1OC(CO)C(O)C(O)C1C)(CCCOC(=O)CCCCCCCNC(=O)CCCOC1OC(CO)C(O)C(O)C1C)CCCOC(=O)NCCCCCCCC(=O)CCCOC1OC(CO)C(O)C(O)C1C.CCOCCOCCSSCCCC(=O)CCCCC(=O)N1C[C@@H](OC)C[C@@H]1CO.[Y]. The monoisotopic (exact) mass is 1980 g/mol. The number of unbranched alkanes of at least 4 members (excludes halogenated alkanes) is 13. The van der Waals surface area contributed by atoms with Crippen LogP contribution in [0.3, 0.4) is 0 Å². The fourth-order valence-corrected chi connectivity index (χ4v) is 17.8. The number of esters is 2. The molecule has 0 saturated carbocycles. The van der Waals surface area contributed by atoms with Crippen molar-refractivity contribution >= 4 is 74.7 Å². The van der Waals surface area contributed by atoms with E-state index in [0.29, 0.717) is 161 Å². The van der Waals surface area contributed by atoms with Gasteiger partial charge in [-0.2, -0.15) is 0 Å². The Kier molecular flexibility index (Phi) is 72.3. The summed E-state index contributed by atoms with van der Waals surface area (Å²) in [4.78, 5) is 115. The van der Waals surface area contributed by atoms with Crippen LogP contribution in [0.2, 0.25) is 0 Å². The van der Waals surface area contributed by atoms with E-state index < -0.39 is 123 Å². The number of aliphatic hydroxyl groups excluding tert-OH is 10. The van der Waals surface area contributed by atoms with E-state index in [-0.39, 0.29) is 170 Å². The van der Waals surface area contributed by atoms with Crippen molar-refractivity contribution in [2.24, 2.45) is 23.2 Å². The zero-order valence-corrected chi connectivity index (χ0v) is 83.4. The maximum atomic E-state index is 13.2. The molecule has 0 aromatic rings. The van der Waals surface area contributed by atoms with Crippen LogP contribution in [0, 0.1) is 23.2 Å². The Balaban J connectivity index is 0.00000155. The Bertz CT molecular complexity index is 2760. The van der Waals surface area contributed by atoms with Gasteiger partial charge in [0.05, 0.1) is 116 Å². The first kappa shape index (κ1) is 123. The molecular formula is C92H166N4O31S2Y. The third-order valence-corrected chi connectivity index (χ3v) is 26.5. The molecule has 17 atom stereocenters. The Morgan fingerprint density at radius 2 is 0.785 bits per heavy atom. The van der Waals surface area contributed by atoms with E-state index in [1.54, 1.807) is 54.4 Å². The summed E-state index contributed by atoms with van der Waals surface area (Å²) in [5, 5.41) is 107. The second-order valence-electron chi connectivity index (χ2n) is 34.6. The summed E-state index contributed by atoms with van der Waals surface area (Å²) in [6.45, 7) is 13.3. The normalized spacial score (nSPS) is 24.2. The molecule has 1 radical (unpaired) electrons. The number of nitrogens with one attached hydrogen (secondary N) is 3. The fraction of sp³-hybridized carbons (Fsp3) is 0.902. The van der Waals surface area contributed by atoms with Crippen molar-refractivity contribution in [1.82, 2.24) is 20.9 Å². The first-order valence-corrected chi connectivity index (χ1v) is 50.6. The molecule has 0 aromatic heterocycles. The minimum atomic E-state index is -1.21.